The van der Waals surface area contributed by atoms with Gasteiger partial charge in [0, 0.05) is 30.7 Å². The zero-order chi connectivity index (χ0) is 17.0. The number of nitrogens with zero attached hydrogens (tertiary/aromatic N) is 1. The quantitative estimate of drug-likeness (QED) is 0.829. The van der Waals surface area contributed by atoms with Crippen molar-refractivity contribution in [2.75, 3.05) is 32.8 Å². The van der Waals surface area contributed by atoms with E-state index in [1.54, 1.807) is 17.5 Å². The molecule has 1 atom stereocenters. The van der Waals surface area contributed by atoms with Crippen LogP contribution in [0.3, 0.4) is 0 Å². The van der Waals surface area contributed by atoms with Crippen LogP contribution in [-0.2, 0) is 14.8 Å². The van der Waals surface area contributed by atoms with Crippen LogP contribution in [0, 0.1) is 0 Å². The van der Waals surface area contributed by atoms with Gasteiger partial charge in [0.15, 0.2) is 0 Å². The van der Waals surface area contributed by atoms with Gasteiger partial charge in [-0.25, -0.2) is 13.1 Å². The Morgan fingerprint density at radius 1 is 1.21 bits per heavy atom. The minimum atomic E-state index is -3.50. The Labute approximate surface area is 151 Å². The van der Waals surface area contributed by atoms with Crippen molar-refractivity contribution in [3.63, 3.8) is 0 Å². The van der Waals surface area contributed by atoms with E-state index >= 15 is 0 Å². The Morgan fingerprint density at radius 3 is 2.62 bits per heavy atom. The molecular weight excluding hydrogens is 368 g/mol. The number of hydrogen-bond donors (Lipinski definition) is 1. The van der Waals surface area contributed by atoms with E-state index in [0.717, 1.165) is 18.7 Å². The molecule has 130 valence electrons. The molecule has 8 heteroatoms. The van der Waals surface area contributed by atoms with Crippen molar-refractivity contribution in [1.82, 2.24) is 9.62 Å². The molecule has 1 saturated heterocycles. The fraction of sp³-hybridized carbons (Fsp3) is 0.375. The van der Waals surface area contributed by atoms with Crippen LogP contribution in [0.1, 0.15) is 11.6 Å². The average molecular weight is 387 g/mol. The van der Waals surface area contributed by atoms with Gasteiger partial charge in [0.05, 0.1) is 13.2 Å². The fourth-order valence-corrected chi connectivity index (χ4v) is 5.08. The third kappa shape index (κ3) is 4.17. The van der Waals surface area contributed by atoms with Crippen molar-refractivity contribution in [3.05, 3.63) is 52.4 Å². The smallest absolute Gasteiger partial charge is 0.250 e. The van der Waals surface area contributed by atoms with Crippen molar-refractivity contribution in [2.24, 2.45) is 0 Å². The summed E-state index contributed by atoms with van der Waals surface area (Å²) < 4.78 is 33.3. The number of ether oxygens (including phenoxy) is 1. The number of hydrogen-bond acceptors (Lipinski definition) is 5. The minimum Gasteiger partial charge on any atom is -0.379 e. The third-order valence-corrected chi connectivity index (χ3v) is 7.14. The molecule has 1 aromatic heterocycles. The molecule has 5 nitrogen and oxygen atoms in total. The minimum absolute atomic E-state index is 0.127. The van der Waals surface area contributed by atoms with Gasteiger partial charge in [-0.15, -0.1) is 11.3 Å². The van der Waals surface area contributed by atoms with Gasteiger partial charge >= 0.3 is 0 Å². The Morgan fingerprint density at radius 2 is 1.96 bits per heavy atom. The first-order valence-electron chi connectivity index (χ1n) is 7.67. The molecule has 1 fully saturated rings. The normalized spacial score (nSPS) is 17.7. The van der Waals surface area contributed by atoms with Crippen LogP contribution in [-0.4, -0.2) is 46.2 Å². The maximum atomic E-state index is 12.4. The zero-order valence-corrected chi connectivity index (χ0v) is 15.4. The van der Waals surface area contributed by atoms with Crippen LogP contribution in [0.5, 0.6) is 0 Å². The molecule has 1 aliphatic heterocycles. The molecular formula is C16H19ClN2O3S2. The highest BCUT2D eigenvalue weighted by molar-refractivity contribution is 7.91. The van der Waals surface area contributed by atoms with Gasteiger partial charge in [-0.3, -0.25) is 4.90 Å². The highest BCUT2D eigenvalue weighted by Gasteiger charge is 2.26. The van der Waals surface area contributed by atoms with E-state index < -0.39 is 10.0 Å². The summed E-state index contributed by atoms with van der Waals surface area (Å²) in [6, 6.07) is 10.8. The second-order valence-corrected chi connectivity index (χ2v) is 8.82. The van der Waals surface area contributed by atoms with E-state index in [1.807, 2.05) is 24.3 Å². The summed E-state index contributed by atoms with van der Waals surface area (Å²) in [5.41, 5.74) is 0.926. The molecule has 2 heterocycles. The molecule has 0 saturated carbocycles. The van der Waals surface area contributed by atoms with Crippen LogP contribution in [0.15, 0.2) is 46.0 Å². The van der Waals surface area contributed by atoms with Gasteiger partial charge in [0.1, 0.15) is 4.21 Å². The van der Waals surface area contributed by atoms with Gasteiger partial charge in [-0.05, 0) is 23.1 Å². The van der Waals surface area contributed by atoms with E-state index in [1.165, 1.54) is 11.3 Å². The van der Waals surface area contributed by atoms with Gasteiger partial charge < -0.3 is 4.74 Å². The maximum absolute atomic E-state index is 12.4. The summed E-state index contributed by atoms with van der Waals surface area (Å²) in [5, 5.41) is 2.39. The van der Waals surface area contributed by atoms with Crippen molar-refractivity contribution < 1.29 is 13.2 Å². The standard InChI is InChI=1S/C16H19ClN2O3S2/c17-14-5-2-1-4-13(14)15(19-7-9-22-10-8-19)12-18-24(20,21)16-6-3-11-23-16/h1-6,11,15,18H,7-10,12H2. The van der Waals surface area contributed by atoms with Crippen LogP contribution >= 0.6 is 22.9 Å². The van der Waals surface area contributed by atoms with Crippen LogP contribution < -0.4 is 4.72 Å². The molecule has 1 aliphatic rings. The Kier molecular flexibility index (Phi) is 5.91. The number of benzene rings is 1. The molecule has 2 aromatic rings. The van der Waals surface area contributed by atoms with Crippen molar-refractivity contribution >= 4 is 33.0 Å². The van der Waals surface area contributed by atoms with E-state index in [0.29, 0.717) is 22.4 Å². The largest absolute Gasteiger partial charge is 0.379 e. The summed E-state index contributed by atoms with van der Waals surface area (Å²) in [4.78, 5) is 2.21. The summed E-state index contributed by atoms with van der Waals surface area (Å²) in [6.45, 7) is 3.04. The molecule has 1 N–H and O–H groups in total. The fourth-order valence-electron chi connectivity index (χ4n) is 2.75. The highest BCUT2D eigenvalue weighted by Crippen LogP contribution is 2.28. The van der Waals surface area contributed by atoms with Crippen LogP contribution in [0.2, 0.25) is 5.02 Å². The number of sulfonamides is 1. The Hall–Kier alpha value is -0.960. The van der Waals surface area contributed by atoms with Crippen LogP contribution in [0.25, 0.3) is 0 Å². The summed E-state index contributed by atoms with van der Waals surface area (Å²) >= 11 is 7.56. The maximum Gasteiger partial charge on any atom is 0.250 e. The lowest BCUT2D eigenvalue weighted by atomic mass is 10.0. The molecule has 0 amide bonds. The number of rotatable bonds is 6. The molecule has 0 spiro atoms. The van der Waals surface area contributed by atoms with Crippen LogP contribution in [0.4, 0.5) is 0 Å². The number of nitrogens with one attached hydrogen (secondary N) is 1. The van der Waals surface area contributed by atoms with Gasteiger partial charge in [-0.1, -0.05) is 35.9 Å². The summed E-state index contributed by atoms with van der Waals surface area (Å²) in [5.74, 6) is 0. The number of halogens is 1. The van der Waals surface area contributed by atoms with Gasteiger partial charge in [0.25, 0.3) is 0 Å². The third-order valence-electron chi connectivity index (χ3n) is 3.98. The highest BCUT2D eigenvalue weighted by atomic mass is 35.5. The molecule has 1 unspecified atom stereocenters. The predicted molar refractivity (Wildman–Crippen MR) is 96.1 cm³/mol. The topological polar surface area (TPSA) is 58.6 Å². The molecule has 24 heavy (non-hydrogen) atoms. The number of morpholine rings is 1. The number of thiophene rings is 1. The van der Waals surface area contributed by atoms with E-state index in [2.05, 4.69) is 9.62 Å². The average Bonchev–Trinajstić information content (AvgIpc) is 3.13. The zero-order valence-electron chi connectivity index (χ0n) is 13.0. The van der Waals surface area contributed by atoms with Crippen molar-refractivity contribution in [3.8, 4) is 0 Å². The predicted octanol–water partition coefficient (Wildman–Crippen LogP) is 2.75. The SMILES string of the molecule is O=S(=O)(NCC(c1ccccc1Cl)N1CCOCC1)c1cccs1. The molecule has 0 radical (unpaired) electrons. The Bertz CT molecular complexity index is 759. The molecule has 1 aromatic carbocycles. The van der Waals surface area contributed by atoms with Crippen molar-refractivity contribution in [2.45, 2.75) is 10.3 Å². The van der Waals surface area contributed by atoms with Gasteiger partial charge in [0.2, 0.25) is 10.0 Å². The van der Waals surface area contributed by atoms with Crippen molar-refractivity contribution in [1.29, 1.82) is 0 Å². The first-order valence-corrected chi connectivity index (χ1v) is 10.4. The first-order chi connectivity index (χ1) is 11.6. The lowest BCUT2D eigenvalue weighted by Gasteiger charge is -2.35. The van der Waals surface area contributed by atoms with E-state index in [-0.39, 0.29) is 12.6 Å². The molecule has 0 bridgehead atoms. The molecule has 0 aliphatic carbocycles. The first kappa shape index (κ1) is 17.8. The van der Waals surface area contributed by atoms with E-state index in [9.17, 15) is 8.42 Å². The molecule has 3 rings (SSSR count). The Balaban J connectivity index is 1.81. The van der Waals surface area contributed by atoms with E-state index in [4.69, 9.17) is 16.3 Å². The lowest BCUT2D eigenvalue weighted by Crippen LogP contribution is -2.43. The second-order valence-electron chi connectivity index (χ2n) is 5.47. The van der Waals surface area contributed by atoms with Gasteiger partial charge in [-0.2, -0.15) is 0 Å². The summed E-state index contributed by atoms with van der Waals surface area (Å²) in [7, 11) is -3.50. The second kappa shape index (κ2) is 7.95. The monoisotopic (exact) mass is 386 g/mol. The summed E-state index contributed by atoms with van der Waals surface area (Å²) in [6.07, 6.45) is 0. The lowest BCUT2D eigenvalue weighted by molar-refractivity contribution is 0.0172.